The van der Waals surface area contributed by atoms with Crippen LogP contribution in [-0.4, -0.2) is 48.6 Å². The molecule has 0 unspecified atom stereocenters. The average molecular weight is 420 g/mol. The lowest BCUT2D eigenvalue weighted by Gasteiger charge is -2.34. The Hall–Kier alpha value is -3.86. The Balaban J connectivity index is 1.48. The van der Waals surface area contributed by atoms with Crippen LogP contribution >= 0.6 is 0 Å². The molecule has 0 aliphatic carbocycles. The molecule has 0 saturated carbocycles. The third kappa shape index (κ3) is 4.21. The van der Waals surface area contributed by atoms with Crippen LogP contribution in [0, 0.1) is 17.1 Å². The zero-order valence-electron chi connectivity index (χ0n) is 17.0. The molecule has 0 bridgehead atoms. The van der Waals surface area contributed by atoms with Gasteiger partial charge in [-0.25, -0.2) is 4.39 Å². The lowest BCUT2D eigenvalue weighted by Crippen LogP contribution is -2.49. The van der Waals surface area contributed by atoms with Gasteiger partial charge in [0.25, 0.3) is 5.91 Å². The molecule has 4 rings (SSSR count). The Kier molecular flexibility index (Phi) is 5.85. The van der Waals surface area contributed by atoms with Crippen LogP contribution in [-0.2, 0) is 0 Å². The molecule has 1 aromatic heterocycles. The number of benzene rings is 2. The quantitative estimate of drug-likeness (QED) is 0.626. The number of oxazole rings is 1. The number of anilines is 1. The van der Waals surface area contributed by atoms with Gasteiger partial charge in [0.05, 0.1) is 12.2 Å². The number of amides is 1. The summed E-state index contributed by atoms with van der Waals surface area (Å²) in [4.78, 5) is 20.4. The summed E-state index contributed by atoms with van der Waals surface area (Å²) in [6.07, 6.45) is 0. The van der Waals surface area contributed by atoms with E-state index in [0.717, 1.165) is 11.3 Å². The first-order valence-electron chi connectivity index (χ1n) is 10.0. The highest BCUT2D eigenvalue weighted by Gasteiger charge is 2.28. The predicted molar refractivity (Wildman–Crippen MR) is 112 cm³/mol. The van der Waals surface area contributed by atoms with Gasteiger partial charge in [-0.1, -0.05) is 12.1 Å². The van der Waals surface area contributed by atoms with Crippen molar-refractivity contribution in [2.24, 2.45) is 0 Å². The second-order valence-corrected chi connectivity index (χ2v) is 7.00. The van der Waals surface area contributed by atoms with Crippen molar-refractivity contribution in [1.82, 2.24) is 9.88 Å². The van der Waals surface area contributed by atoms with Gasteiger partial charge in [0.15, 0.2) is 0 Å². The zero-order chi connectivity index (χ0) is 21.8. The third-order valence-corrected chi connectivity index (χ3v) is 5.09. The van der Waals surface area contributed by atoms with Crippen LogP contribution in [0.2, 0.25) is 0 Å². The normalized spacial score (nSPS) is 13.7. The maximum Gasteiger partial charge on any atom is 0.256 e. The zero-order valence-corrected chi connectivity index (χ0v) is 17.0. The highest BCUT2D eigenvalue weighted by Crippen LogP contribution is 2.30. The number of nitriles is 1. The van der Waals surface area contributed by atoms with E-state index < -0.39 is 5.82 Å². The molecule has 2 heterocycles. The minimum Gasteiger partial charge on any atom is -0.494 e. The molecule has 8 heteroatoms. The summed E-state index contributed by atoms with van der Waals surface area (Å²) in [6, 6.07) is 15.3. The van der Waals surface area contributed by atoms with Gasteiger partial charge >= 0.3 is 0 Å². The Morgan fingerprint density at radius 1 is 1.16 bits per heavy atom. The van der Waals surface area contributed by atoms with Gasteiger partial charge in [-0.15, -0.1) is 0 Å². The standard InChI is InChI=1S/C23H21FN4O3/c1-2-30-17-9-7-16(8-10-17)21-26-20(15-25)23(31-21)28-13-11-27(12-14-28)22(29)18-5-3-4-6-19(18)24/h3-10H,2,11-14H2,1H3. The number of hydrogen-bond acceptors (Lipinski definition) is 6. The molecular weight excluding hydrogens is 399 g/mol. The number of hydrogen-bond donors (Lipinski definition) is 0. The van der Waals surface area contributed by atoms with E-state index in [1.54, 1.807) is 17.0 Å². The van der Waals surface area contributed by atoms with Gasteiger partial charge in [-0.2, -0.15) is 10.2 Å². The van der Waals surface area contributed by atoms with Crippen molar-refractivity contribution in [3.8, 4) is 23.3 Å². The molecule has 2 aromatic carbocycles. The maximum absolute atomic E-state index is 13.9. The van der Waals surface area contributed by atoms with E-state index in [1.807, 2.05) is 36.1 Å². The van der Waals surface area contributed by atoms with E-state index in [2.05, 4.69) is 11.1 Å². The lowest BCUT2D eigenvalue weighted by molar-refractivity contribution is 0.0740. The van der Waals surface area contributed by atoms with Crippen molar-refractivity contribution in [2.45, 2.75) is 6.92 Å². The molecule has 0 spiro atoms. The number of piperazine rings is 1. The Labute approximate surface area is 179 Å². The molecule has 31 heavy (non-hydrogen) atoms. The fourth-order valence-electron chi connectivity index (χ4n) is 3.50. The Morgan fingerprint density at radius 3 is 2.52 bits per heavy atom. The van der Waals surface area contributed by atoms with Crippen LogP contribution in [0.5, 0.6) is 5.75 Å². The van der Waals surface area contributed by atoms with E-state index in [-0.39, 0.29) is 17.2 Å². The topological polar surface area (TPSA) is 82.6 Å². The highest BCUT2D eigenvalue weighted by atomic mass is 19.1. The number of aromatic nitrogens is 1. The van der Waals surface area contributed by atoms with Gasteiger partial charge in [0, 0.05) is 31.7 Å². The first-order valence-corrected chi connectivity index (χ1v) is 10.0. The fraction of sp³-hybridized carbons (Fsp3) is 0.261. The molecule has 1 saturated heterocycles. The summed E-state index contributed by atoms with van der Waals surface area (Å²) in [5.41, 5.74) is 0.989. The maximum atomic E-state index is 13.9. The molecular formula is C23H21FN4O3. The minimum atomic E-state index is -0.531. The monoisotopic (exact) mass is 420 g/mol. The molecule has 0 N–H and O–H groups in total. The highest BCUT2D eigenvalue weighted by molar-refractivity contribution is 5.94. The largest absolute Gasteiger partial charge is 0.494 e. The molecule has 1 aliphatic rings. The Morgan fingerprint density at radius 2 is 1.87 bits per heavy atom. The molecule has 1 amide bonds. The van der Waals surface area contributed by atoms with E-state index in [9.17, 15) is 14.4 Å². The van der Waals surface area contributed by atoms with Crippen LogP contribution < -0.4 is 9.64 Å². The fourth-order valence-corrected chi connectivity index (χ4v) is 3.50. The second kappa shape index (κ2) is 8.88. The van der Waals surface area contributed by atoms with Crippen LogP contribution in [0.3, 0.4) is 0 Å². The van der Waals surface area contributed by atoms with Crippen molar-refractivity contribution in [1.29, 1.82) is 5.26 Å². The summed E-state index contributed by atoms with van der Waals surface area (Å²) in [5, 5.41) is 9.52. The third-order valence-electron chi connectivity index (χ3n) is 5.09. The molecule has 0 atom stereocenters. The van der Waals surface area contributed by atoms with Crippen LogP contribution in [0.25, 0.3) is 11.5 Å². The van der Waals surface area contributed by atoms with Crippen molar-refractivity contribution in [2.75, 3.05) is 37.7 Å². The number of halogens is 1. The average Bonchev–Trinajstić information content (AvgIpc) is 3.24. The van der Waals surface area contributed by atoms with Crippen molar-refractivity contribution >= 4 is 11.8 Å². The lowest BCUT2D eigenvalue weighted by atomic mass is 10.1. The van der Waals surface area contributed by atoms with Gasteiger partial charge in [-0.05, 0) is 43.3 Å². The van der Waals surface area contributed by atoms with Crippen molar-refractivity contribution in [3.63, 3.8) is 0 Å². The van der Waals surface area contributed by atoms with E-state index >= 15 is 0 Å². The Bertz CT molecular complexity index is 1110. The van der Waals surface area contributed by atoms with E-state index in [1.165, 1.54) is 12.1 Å². The SMILES string of the molecule is CCOc1ccc(-c2nc(C#N)c(N3CCN(C(=O)c4ccccc4F)CC3)o2)cc1. The minimum absolute atomic E-state index is 0.0612. The smallest absolute Gasteiger partial charge is 0.256 e. The van der Waals surface area contributed by atoms with Crippen LogP contribution in [0.4, 0.5) is 10.3 Å². The summed E-state index contributed by atoms with van der Waals surface area (Å²) in [7, 11) is 0. The number of carbonyl (C=O) groups is 1. The molecule has 1 fully saturated rings. The summed E-state index contributed by atoms with van der Waals surface area (Å²) in [5.74, 6) is 0.598. The second-order valence-electron chi connectivity index (χ2n) is 7.00. The van der Waals surface area contributed by atoms with E-state index in [0.29, 0.717) is 44.6 Å². The molecule has 158 valence electrons. The number of rotatable bonds is 5. The first kappa shape index (κ1) is 20.4. The van der Waals surface area contributed by atoms with Gasteiger partial charge < -0.3 is 19.0 Å². The van der Waals surface area contributed by atoms with Gasteiger partial charge in [0.1, 0.15) is 17.6 Å². The summed E-state index contributed by atoms with van der Waals surface area (Å²) < 4.78 is 25.3. The number of carbonyl (C=O) groups excluding carboxylic acids is 1. The van der Waals surface area contributed by atoms with Crippen molar-refractivity contribution in [3.05, 3.63) is 65.6 Å². The van der Waals surface area contributed by atoms with Gasteiger partial charge in [0.2, 0.25) is 17.5 Å². The molecule has 1 aliphatic heterocycles. The van der Waals surface area contributed by atoms with Crippen molar-refractivity contribution < 1.29 is 18.3 Å². The van der Waals surface area contributed by atoms with Crippen LogP contribution in [0.15, 0.2) is 52.9 Å². The van der Waals surface area contributed by atoms with Gasteiger partial charge in [-0.3, -0.25) is 4.79 Å². The first-order chi connectivity index (χ1) is 15.1. The predicted octanol–water partition coefficient (Wildman–Crippen LogP) is 3.71. The molecule has 0 radical (unpaired) electrons. The molecule has 7 nitrogen and oxygen atoms in total. The number of nitrogens with zero attached hydrogens (tertiary/aromatic N) is 4. The summed E-state index contributed by atoms with van der Waals surface area (Å²) in [6.45, 7) is 4.16. The van der Waals surface area contributed by atoms with E-state index in [4.69, 9.17) is 9.15 Å². The van der Waals surface area contributed by atoms with Crippen LogP contribution in [0.1, 0.15) is 23.0 Å². The number of ether oxygens (including phenoxy) is 1. The molecule has 3 aromatic rings. The summed E-state index contributed by atoms with van der Waals surface area (Å²) >= 11 is 0.